The van der Waals surface area contributed by atoms with Crippen LogP contribution in [0.3, 0.4) is 0 Å². The van der Waals surface area contributed by atoms with Crippen molar-refractivity contribution in [3.05, 3.63) is 46.4 Å². The summed E-state index contributed by atoms with van der Waals surface area (Å²) >= 11 is 1.58. The number of nitrogens with zero attached hydrogens (tertiary/aromatic N) is 1. The van der Waals surface area contributed by atoms with Crippen LogP contribution in [-0.2, 0) is 16.7 Å². The Balaban J connectivity index is 1.62. The molecule has 0 unspecified atom stereocenters. The molecule has 1 N–H and O–H groups in total. The summed E-state index contributed by atoms with van der Waals surface area (Å²) in [5.41, 5.74) is -0.267. The smallest absolute Gasteiger partial charge is 0.134 e. The van der Waals surface area contributed by atoms with Crippen molar-refractivity contribution in [3.63, 3.8) is 0 Å². The molecule has 2 aromatic heterocycles. The van der Waals surface area contributed by atoms with Gasteiger partial charge in [-0.3, -0.25) is 4.98 Å². The lowest BCUT2D eigenvalue weighted by atomic mass is 9.31. The normalized spacial score (nSPS) is 25.7. The molecule has 1 aliphatic carbocycles. The minimum Gasteiger partial charge on any atom is -0.496 e. The molecular formula is C22H24B6N2O2S. The highest BCUT2D eigenvalue weighted by molar-refractivity contribution is 7.10. The van der Waals surface area contributed by atoms with Gasteiger partial charge in [0, 0.05) is 30.5 Å². The predicted molar refractivity (Wildman–Crippen MR) is 138 cm³/mol. The summed E-state index contributed by atoms with van der Waals surface area (Å²) in [7, 11) is 40.1. The van der Waals surface area contributed by atoms with Gasteiger partial charge in [-0.1, -0.05) is 11.4 Å². The number of thiophene rings is 1. The second-order valence-corrected chi connectivity index (χ2v) is 10.9. The van der Waals surface area contributed by atoms with Crippen LogP contribution in [0.5, 0.6) is 5.75 Å². The van der Waals surface area contributed by atoms with Crippen LogP contribution < -0.4 is 10.1 Å². The van der Waals surface area contributed by atoms with Gasteiger partial charge in [-0.15, -0.1) is 21.8 Å². The molecule has 3 heterocycles. The Kier molecular flexibility index (Phi) is 6.74. The maximum absolute atomic E-state index is 6.64. The highest BCUT2D eigenvalue weighted by Crippen LogP contribution is 2.64. The third kappa shape index (κ3) is 5.01. The van der Waals surface area contributed by atoms with Gasteiger partial charge in [-0.2, -0.15) is 0 Å². The molecule has 4 nitrogen and oxygen atoms in total. The summed E-state index contributed by atoms with van der Waals surface area (Å²) in [5.74, 6) is 0.808. The highest BCUT2D eigenvalue weighted by Gasteiger charge is 2.58. The van der Waals surface area contributed by atoms with Crippen LogP contribution >= 0.6 is 11.3 Å². The molecule has 33 heavy (non-hydrogen) atoms. The van der Waals surface area contributed by atoms with Crippen molar-refractivity contribution in [2.75, 3.05) is 13.7 Å². The summed E-state index contributed by atoms with van der Waals surface area (Å²) in [4.78, 5) is 5.71. The number of ether oxygens (including phenoxy) is 2. The van der Waals surface area contributed by atoms with Gasteiger partial charge in [0.05, 0.1) is 64.7 Å². The van der Waals surface area contributed by atoms with Crippen LogP contribution in [0.1, 0.15) is 42.7 Å². The van der Waals surface area contributed by atoms with E-state index in [9.17, 15) is 0 Å². The van der Waals surface area contributed by atoms with Gasteiger partial charge in [-0.05, 0) is 55.7 Å². The van der Waals surface area contributed by atoms with E-state index in [2.05, 4.69) is 10.3 Å². The Bertz CT molecular complexity index is 955. The summed E-state index contributed by atoms with van der Waals surface area (Å²) in [6.07, 6.45) is 4.12. The van der Waals surface area contributed by atoms with E-state index in [4.69, 9.17) is 56.6 Å². The van der Waals surface area contributed by atoms with Crippen molar-refractivity contribution in [2.45, 2.75) is 65.4 Å². The Morgan fingerprint density at radius 1 is 1.12 bits per heavy atom. The topological polar surface area (TPSA) is 43.4 Å². The molecule has 4 rings (SSSR count). The molecule has 11 heteroatoms. The number of methoxy groups -OCH3 is 1. The Morgan fingerprint density at radius 2 is 1.85 bits per heavy atom. The minimum absolute atomic E-state index is 0.337. The van der Waals surface area contributed by atoms with Gasteiger partial charge in [0.15, 0.2) is 0 Å². The molecule has 0 aromatic carbocycles. The first-order chi connectivity index (χ1) is 15.4. The minimum atomic E-state index is -1.25. The lowest BCUT2D eigenvalue weighted by Crippen LogP contribution is -2.55. The van der Waals surface area contributed by atoms with Crippen LogP contribution in [0.4, 0.5) is 0 Å². The standard InChI is InChI=1S/C22H24B6N2O2S/c1-31-15-5-9-33-16(15)10-30-22(27,28)12-18(17-4-2-3-7-29-17)6-8-32-19(11-18)13-20(23,24)21(25,26)14-19/h2-5,7,9,30H,6,8,10-14H2,1H3/t18-/m1/s1. The van der Waals surface area contributed by atoms with Gasteiger partial charge in [0.1, 0.15) is 5.75 Å². The van der Waals surface area contributed by atoms with E-state index in [1.54, 1.807) is 24.6 Å². The first-order valence-electron chi connectivity index (χ1n) is 11.1. The number of aromatic nitrogens is 1. The molecule has 1 spiro atoms. The fourth-order valence-corrected chi connectivity index (χ4v) is 6.33. The van der Waals surface area contributed by atoms with Gasteiger partial charge >= 0.3 is 0 Å². The van der Waals surface area contributed by atoms with Crippen LogP contribution in [0.15, 0.2) is 35.8 Å². The fraction of sp³-hybridized carbons (Fsp3) is 0.591. The van der Waals surface area contributed by atoms with Gasteiger partial charge in [0.2, 0.25) is 0 Å². The molecular weight excluding hydrogens is 421 g/mol. The van der Waals surface area contributed by atoms with E-state index in [1.807, 2.05) is 29.6 Å². The molecule has 12 radical (unpaired) electrons. The molecule has 1 aliphatic heterocycles. The van der Waals surface area contributed by atoms with E-state index in [0.29, 0.717) is 45.3 Å². The average Bonchev–Trinajstić information content (AvgIpc) is 3.25. The largest absolute Gasteiger partial charge is 0.496 e. The van der Waals surface area contributed by atoms with Crippen molar-refractivity contribution in [2.24, 2.45) is 0 Å². The van der Waals surface area contributed by atoms with Crippen LogP contribution in [-0.4, -0.2) is 76.7 Å². The summed E-state index contributed by atoms with van der Waals surface area (Å²) in [6.45, 7) is 0.953. The third-order valence-corrected chi connectivity index (χ3v) is 7.99. The van der Waals surface area contributed by atoms with Crippen molar-refractivity contribution in [3.8, 4) is 5.75 Å². The lowest BCUT2D eigenvalue weighted by molar-refractivity contribution is -0.106. The van der Waals surface area contributed by atoms with E-state index in [0.717, 1.165) is 16.3 Å². The summed E-state index contributed by atoms with van der Waals surface area (Å²) < 4.78 is 11.7. The second kappa shape index (κ2) is 8.87. The first kappa shape index (κ1) is 25.1. The summed E-state index contributed by atoms with van der Waals surface area (Å²) in [6, 6.07) is 7.78. The van der Waals surface area contributed by atoms with Gasteiger partial charge in [0.25, 0.3) is 0 Å². The van der Waals surface area contributed by atoms with Gasteiger partial charge in [-0.25, -0.2) is 0 Å². The monoisotopic (exact) mass is 446 g/mol. The van der Waals surface area contributed by atoms with E-state index >= 15 is 0 Å². The maximum Gasteiger partial charge on any atom is 0.134 e. The molecule has 0 amide bonds. The zero-order chi connectivity index (χ0) is 24.0. The van der Waals surface area contributed by atoms with Crippen LogP contribution in [0.2, 0.25) is 10.4 Å². The Labute approximate surface area is 209 Å². The zero-order valence-electron chi connectivity index (χ0n) is 19.0. The molecule has 1 saturated heterocycles. The fourth-order valence-electron chi connectivity index (χ4n) is 5.55. The molecule has 2 fully saturated rings. The van der Waals surface area contributed by atoms with Crippen molar-refractivity contribution < 1.29 is 9.47 Å². The molecule has 158 valence electrons. The summed E-state index contributed by atoms with van der Waals surface area (Å²) in [5, 5.41) is 1.59. The number of rotatable bonds is 7. The average molecular weight is 445 g/mol. The second-order valence-electron chi connectivity index (χ2n) is 9.87. The van der Waals surface area contributed by atoms with E-state index in [-0.39, 0.29) is 0 Å². The third-order valence-electron chi connectivity index (χ3n) is 7.09. The molecule has 2 aromatic rings. The Hall–Kier alpha value is -1.04. The number of pyridine rings is 1. The maximum atomic E-state index is 6.64. The van der Waals surface area contributed by atoms with E-state index in [1.165, 1.54) is 0 Å². The van der Waals surface area contributed by atoms with Crippen molar-refractivity contribution in [1.82, 2.24) is 10.3 Å². The molecule has 1 saturated carbocycles. The quantitative estimate of drug-likeness (QED) is 0.661. The number of hydrogen-bond acceptors (Lipinski definition) is 5. The molecule has 1 atom stereocenters. The van der Waals surface area contributed by atoms with Crippen molar-refractivity contribution in [1.29, 1.82) is 0 Å². The molecule has 2 aliphatic rings. The van der Waals surface area contributed by atoms with E-state index < -0.39 is 26.8 Å². The Morgan fingerprint density at radius 3 is 2.48 bits per heavy atom. The SMILES string of the molecule is [B]C([B])(C[C@@]1(c2ccccn2)CCOC2(CC([B])([B])C([B])([B])C2)C1)NCc1sccc1OC. The number of nitrogens with one attached hydrogen (secondary N) is 1. The lowest BCUT2D eigenvalue weighted by Gasteiger charge is -2.50. The van der Waals surface area contributed by atoms with Crippen LogP contribution in [0.25, 0.3) is 0 Å². The van der Waals surface area contributed by atoms with Crippen molar-refractivity contribution >= 4 is 58.4 Å². The van der Waals surface area contributed by atoms with Gasteiger partial charge < -0.3 is 14.8 Å². The highest BCUT2D eigenvalue weighted by atomic mass is 32.1. The predicted octanol–water partition coefficient (Wildman–Crippen LogP) is 1.81. The zero-order valence-corrected chi connectivity index (χ0v) is 19.9. The first-order valence-corrected chi connectivity index (χ1v) is 11.9. The molecule has 0 bridgehead atoms. The van der Waals surface area contributed by atoms with Crippen LogP contribution in [0, 0.1) is 0 Å². The number of hydrogen-bond donors (Lipinski definition) is 1.